The van der Waals surface area contributed by atoms with Crippen molar-refractivity contribution in [3.8, 4) is 0 Å². The minimum atomic E-state index is -2.64. The molecular formula is C12H17ClF2N4OS. The molecule has 1 amide bonds. The Morgan fingerprint density at radius 2 is 2.00 bits per heavy atom. The van der Waals surface area contributed by atoms with Gasteiger partial charge in [-0.3, -0.25) is 4.79 Å². The summed E-state index contributed by atoms with van der Waals surface area (Å²) in [4.78, 5) is 11.9. The van der Waals surface area contributed by atoms with Gasteiger partial charge in [0.25, 0.3) is 6.43 Å². The summed E-state index contributed by atoms with van der Waals surface area (Å²) in [7, 11) is 0. The van der Waals surface area contributed by atoms with Crippen molar-refractivity contribution in [2.75, 3.05) is 5.32 Å². The van der Waals surface area contributed by atoms with Crippen molar-refractivity contribution >= 4 is 34.8 Å². The molecule has 0 aliphatic carbocycles. The zero-order chi connectivity index (χ0) is 14.1. The smallest absolute Gasteiger partial charge is 0.291 e. The Morgan fingerprint density at radius 1 is 1.33 bits per heavy atom. The van der Waals surface area contributed by atoms with Crippen molar-refractivity contribution in [2.24, 2.45) is 5.92 Å². The number of halogens is 3. The quantitative estimate of drug-likeness (QED) is 0.886. The topological polar surface area (TPSA) is 66.9 Å². The van der Waals surface area contributed by atoms with E-state index in [0.717, 1.165) is 24.2 Å². The number of aromatic nitrogens is 2. The number of fused-ring (bicyclic) bond motifs is 2. The van der Waals surface area contributed by atoms with E-state index >= 15 is 0 Å². The first-order valence-corrected chi connectivity index (χ1v) is 7.59. The lowest BCUT2D eigenvalue weighted by Gasteiger charge is -2.28. The Hall–Kier alpha value is -0.860. The highest BCUT2D eigenvalue weighted by atomic mass is 35.5. The van der Waals surface area contributed by atoms with Gasteiger partial charge in [-0.15, -0.1) is 22.6 Å². The van der Waals surface area contributed by atoms with E-state index in [-0.39, 0.29) is 28.5 Å². The molecule has 9 heteroatoms. The lowest BCUT2D eigenvalue weighted by Crippen LogP contribution is -2.39. The van der Waals surface area contributed by atoms with Gasteiger partial charge in [0.1, 0.15) is 0 Å². The van der Waals surface area contributed by atoms with Crippen LogP contribution in [0.3, 0.4) is 0 Å². The third kappa shape index (κ3) is 4.08. The third-order valence-electron chi connectivity index (χ3n) is 3.92. The lowest BCUT2D eigenvalue weighted by molar-refractivity contribution is -0.117. The highest BCUT2D eigenvalue weighted by molar-refractivity contribution is 7.15. The zero-order valence-electron chi connectivity index (χ0n) is 11.2. The number of nitrogens with one attached hydrogen (secondary N) is 2. The van der Waals surface area contributed by atoms with Crippen LogP contribution in [0.25, 0.3) is 0 Å². The van der Waals surface area contributed by atoms with Crippen LogP contribution < -0.4 is 10.6 Å². The van der Waals surface area contributed by atoms with Gasteiger partial charge in [-0.1, -0.05) is 11.3 Å². The molecule has 118 valence electrons. The van der Waals surface area contributed by atoms with Crippen LogP contribution >= 0.6 is 23.7 Å². The van der Waals surface area contributed by atoms with Gasteiger partial charge in [-0.2, -0.15) is 0 Å². The monoisotopic (exact) mass is 338 g/mol. The summed E-state index contributed by atoms with van der Waals surface area (Å²) in [6, 6.07) is 1.08. The number of carbonyl (C=O) groups excluding carboxylic acids is 1. The molecule has 1 aromatic heterocycles. The molecule has 2 saturated heterocycles. The molecule has 2 bridgehead atoms. The molecule has 3 rings (SSSR count). The molecule has 1 aromatic rings. The molecule has 2 fully saturated rings. The summed E-state index contributed by atoms with van der Waals surface area (Å²) in [6.07, 6.45) is 2.20. The first kappa shape index (κ1) is 16.5. The van der Waals surface area contributed by atoms with E-state index in [1.807, 2.05) is 0 Å². The number of anilines is 1. The summed E-state index contributed by atoms with van der Waals surface area (Å²) < 4.78 is 24.7. The standard InChI is InChI=1S/C12H16F2N4OS.ClH/c13-10(14)11-17-18-12(20-11)16-9(19)5-6-3-7-1-2-8(4-6)15-7;/h6-8,10,15H,1-5H2,(H,16,18,19);1H. The van der Waals surface area contributed by atoms with E-state index < -0.39 is 6.43 Å². The summed E-state index contributed by atoms with van der Waals surface area (Å²) in [5.74, 6) is 0.213. The van der Waals surface area contributed by atoms with E-state index in [9.17, 15) is 13.6 Å². The van der Waals surface area contributed by atoms with Crippen LogP contribution in [-0.4, -0.2) is 28.2 Å². The molecule has 0 spiro atoms. The molecule has 2 aliphatic rings. The van der Waals surface area contributed by atoms with Crippen LogP contribution in [0.2, 0.25) is 0 Å². The number of rotatable bonds is 4. The van der Waals surface area contributed by atoms with E-state index in [1.54, 1.807) is 0 Å². The zero-order valence-corrected chi connectivity index (χ0v) is 12.9. The number of amides is 1. The van der Waals surface area contributed by atoms with Crippen molar-refractivity contribution in [1.82, 2.24) is 15.5 Å². The van der Waals surface area contributed by atoms with Gasteiger partial charge in [0.15, 0.2) is 5.01 Å². The average molecular weight is 339 g/mol. The predicted molar refractivity (Wildman–Crippen MR) is 78.0 cm³/mol. The van der Waals surface area contributed by atoms with Crippen molar-refractivity contribution in [2.45, 2.75) is 50.6 Å². The Labute approximate surface area is 131 Å². The van der Waals surface area contributed by atoms with E-state index in [4.69, 9.17) is 0 Å². The van der Waals surface area contributed by atoms with Crippen molar-refractivity contribution < 1.29 is 13.6 Å². The molecule has 2 atom stereocenters. The number of piperidine rings is 1. The molecule has 0 radical (unpaired) electrons. The summed E-state index contributed by atoms with van der Waals surface area (Å²) in [5, 5.41) is 12.8. The predicted octanol–water partition coefficient (Wildman–Crippen LogP) is 2.76. The summed E-state index contributed by atoms with van der Waals surface area (Å²) in [5.41, 5.74) is 0. The Kier molecular flexibility index (Phi) is 5.45. The van der Waals surface area contributed by atoms with Gasteiger partial charge in [-0.25, -0.2) is 8.78 Å². The molecule has 2 N–H and O–H groups in total. The Bertz CT molecular complexity index is 489. The van der Waals surface area contributed by atoms with Gasteiger partial charge >= 0.3 is 0 Å². The number of hydrogen-bond donors (Lipinski definition) is 2. The maximum Gasteiger partial charge on any atom is 0.291 e. The second-order valence-corrected chi connectivity index (χ2v) is 6.48. The maximum atomic E-state index is 12.4. The number of alkyl halides is 2. The van der Waals surface area contributed by atoms with Gasteiger partial charge in [0.2, 0.25) is 11.0 Å². The van der Waals surface area contributed by atoms with Crippen molar-refractivity contribution in [3.63, 3.8) is 0 Å². The third-order valence-corrected chi connectivity index (χ3v) is 4.76. The van der Waals surface area contributed by atoms with Crippen LogP contribution in [0.5, 0.6) is 0 Å². The first-order chi connectivity index (χ1) is 9.60. The summed E-state index contributed by atoms with van der Waals surface area (Å²) in [6.45, 7) is 0. The van der Waals surface area contributed by atoms with E-state index in [2.05, 4.69) is 20.8 Å². The fraction of sp³-hybridized carbons (Fsp3) is 0.750. The molecule has 5 nitrogen and oxygen atoms in total. The fourth-order valence-electron chi connectivity index (χ4n) is 3.15. The Morgan fingerprint density at radius 3 is 2.57 bits per heavy atom. The Balaban J connectivity index is 0.00000161. The van der Waals surface area contributed by atoms with Crippen molar-refractivity contribution in [1.29, 1.82) is 0 Å². The second kappa shape index (κ2) is 6.93. The number of carbonyl (C=O) groups is 1. The van der Waals surface area contributed by atoms with Crippen LogP contribution in [0.1, 0.15) is 43.5 Å². The second-order valence-electron chi connectivity index (χ2n) is 5.47. The largest absolute Gasteiger partial charge is 0.311 e. The minimum Gasteiger partial charge on any atom is -0.311 e. The van der Waals surface area contributed by atoms with Crippen LogP contribution in [0, 0.1) is 5.92 Å². The molecule has 3 heterocycles. The first-order valence-electron chi connectivity index (χ1n) is 6.77. The molecular weight excluding hydrogens is 322 g/mol. The number of nitrogens with zero attached hydrogens (tertiary/aromatic N) is 2. The van der Waals surface area contributed by atoms with Crippen LogP contribution in [-0.2, 0) is 4.79 Å². The van der Waals surface area contributed by atoms with Crippen LogP contribution in [0.15, 0.2) is 0 Å². The van der Waals surface area contributed by atoms with Gasteiger partial charge in [-0.05, 0) is 31.6 Å². The minimum absolute atomic E-state index is 0. The normalized spacial score (nSPS) is 27.5. The summed E-state index contributed by atoms with van der Waals surface area (Å²) >= 11 is 0.728. The molecule has 0 saturated carbocycles. The maximum absolute atomic E-state index is 12.4. The molecule has 2 unspecified atom stereocenters. The molecule has 2 aliphatic heterocycles. The van der Waals surface area contributed by atoms with E-state index in [0.29, 0.717) is 24.4 Å². The average Bonchev–Trinajstić information content (AvgIpc) is 2.96. The lowest BCUT2D eigenvalue weighted by atomic mass is 9.89. The molecule has 0 aromatic carbocycles. The van der Waals surface area contributed by atoms with Crippen LogP contribution in [0.4, 0.5) is 13.9 Å². The fourth-order valence-corrected chi connectivity index (χ4v) is 3.76. The number of hydrogen-bond acceptors (Lipinski definition) is 5. The van der Waals surface area contributed by atoms with Gasteiger partial charge in [0.05, 0.1) is 0 Å². The van der Waals surface area contributed by atoms with Crippen molar-refractivity contribution in [3.05, 3.63) is 5.01 Å². The SMILES string of the molecule is Cl.O=C(CC1CC2CCC(C1)N2)Nc1nnc(C(F)F)s1. The van der Waals surface area contributed by atoms with E-state index in [1.165, 1.54) is 12.8 Å². The van der Waals surface area contributed by atoms with Gasteiger partial charge < -0.3 is 10.6 Å². The highest BCUT2D eigenvalue weighted by Crippen LogP contribution is 2.33. The highest BCUT2D eigenvalue weighted by Gasteiger charge is 2.34. The van der Waals surface area contributed by atoms with Gasteiger partial charge in [0, 0.05) is 18.5 Å². The molecule has 21 heavy (non-hydrogen) atoms.